The van der Waals surface area contributed by atoms with Crippen molar-refractivity contribution in [1.29, 1.82) is 0 Å². The number of aryl methyl sites for hydroxylation is 2. The monoisotopic (exact) mass is 275 g/mol. The van der Waals surface area contributed by atoms with Crippen LogP contribution in [-0.4, -0.2) is 28.8 Å². The Bertz CT molecular complexity index is 565. The standard InChI is InChI=1S/C15H17NO4/c1-9(17)16-13-6-4-10-2-3-12(14(18)15(19)20)8-11(10)5-7-13/h2-3,8,13H,4-7H2,1H3,(H,16,17)(H,19,20). The zero-order valence-corrected chi connectivity index (χ0v) is 11.3. The van der Waals surface area contributed by atoms with Gasteiger partial charge in [-0.05, 0) is 42.9 Å². The molecule has 106 valence electrons. The minimum absolute atomic E-state index is 0.0392. The van der Waals surface area contributed by atoms with Crippen molar-refractivity contribution < 1.29 is 19.5 Å². The lowest BCUT2D eigenvalue weighted by molar-refractivity contribution is -0.131. The quantitative estimate of drug-likeness (QED) is 0.495. The molecule has 1 aliphatic carbocycles. The van der Waals surface area contributed by atoms with E-state index >= 15 is 0 Å². The molecule has 0 heterocycles. The van der Waals surface area contributed by atoms with E-state index in [9.17, 15) is 14.4 Å². The number of carbonyl (C=O) groups excluding carboxylic acids is 2. The second-order valence-corrected chi connectivity index (χ2v) is 5.09. The van der Waals surface area contributed by atoms with Gasteiger partial charge in [0.15, 0.2) is 0 Å². The molecule has 0 fully saturated rings. The Kier molecular flexibility index (Phi) is 4.17. The molecule has 0 aliphatic heterocycles. The van der Waals surface area contributed by atoms with Crippen LogP contribution in [0.3, 0.4) is 0 Å². The first-order valence-electron chi connectivity index (χ1n) is 6.64. The summed E-state index contributed by atoms with van der Waals surface area (Å²) < 4.78 is 0. The topological polar surface area (TPSA) is 83.5 Å². The summed E-state index contributed by atoms with van der Waals surface area (Å²) in [6.07, 6.45) is 3.22. The van der Waals surface area contributed by atoms with Gasteiger partial charge in [-0.15, -0.1) is 0 Å². The smallest absolute Gasteiger partial charge is 0.377 e. The Morgan fingerprint density at radius 1 is 1.15 bits per heavy atom. The number of Topliss-reactive ketones (excluding diaryl/α,β-unsaturated/α-hetero) is 1. The zero-order chi connectivity index (χ0) is 14.7. The van der Waals surface area contributed by atoms with E-state index < -0.39 is 11.8 Å². The number of fused-ring (bicyclic) bond motifs is 1. The Labute approximate surface area is 117 Å². The average Bonchev–Trinajstić information content (AvgIpc) is 2.59. The fourth-order valence-electron chi connectivity index (χ4n) is 2.60. The van der Waals surface area contributed by atoms with Crippen molar-refractivity contribution in [3.63, 3.8) is 0 Å². The number of hydrogen-bond acceptors (Lipinski definition) is 3. The minimum Gasteiger partial charge on any atom is -0.475 e. The molecule has 0 saturated carbocycles. The number of aliphatic carboxylic acids is 1. The van der Waals surface area contributed by atoms with Gasteiger partial charge in [0.2, 0.25) is 5.91 Å². The molecule has 5 heteroatoms. The summed E-state index contributed by atoms with van der Waals surface area (Å²) in [4.78, 5) is 33.3. The summed E-state index contributed by atoms with van der Waals surface area (Å²) in [6, 6.07) is 5.19. The molecule has 1 atom stereocenters. The van der Waals surface area contributed by atoms with Crippen LogP contribution in [0.5, 0.6) is 0 Å². The Balaban J connectivity index is 2.17. The molecule has 1 aromatic carbocycles. The van der Waals surface area contributed by atoms with Crippen LogP contribution >= 0.6 is 0 Å². The Morgan fingerprint density at radius 2 is 1.80 bits per heavy atom. The van der Waals surface area contributed by atoms with Crippen LogP contribution in [0.15, 0.2) is 18.2 Å². The summed E-state index contributed by atoms with van der Waals surface area (Å²) in [6.45, 7) is 1.50. The largest absolute Gasteiger partial charge is 0.475 e. The van der Waals surface area contributed by atoms with Crippen molar-refractivity contribution in [2.45, 2.75) is 38.6 Å². The minimum atomic E-state index is -1.44. The van der Waals surface area contributed by atoms with Crippen molar-refractivity contribution in [3.8, 4) is 0 Å². The highest BCUT2D eigenvalue weighted by molar-refractivity contribution is 6.39. The van der Waals surface area contributed by atoms with E-state index in [1.807, 2.05) is 6.07 Å². The lowest BCUT2D eigenvalue weighted by Gasteiger charge is -2.14. The third-order valence-electron chi connectivity index (χ3n) is 3.59. The molecule has 1 amide bonds. The van der Waals surface area contributed by atoms with Gasteiger partial charge in [-0.3, -0.25) is 9.59 Å². The SMILES string of the molecule is CC(=O)NC1CCc2ccc(C(=O)C(=O)O)cc2CC1. The summed E-state index contributed by atoms with van der Waals surface area (Å²) >= 11 is 0. The van der Waals surface area contributed by atoms with Gasteiger partial charge in [0.1, 0.15) is 0 Å². The lowest BCUT2D eigenvalue weighted by Crippen LogP contribution is -2.33. The van der Waals surface area contributed by atoms with Gasteiger partial charge in [0, 0.05) is 18.5 Å². The molecule has 0 spiro atoms. The molecule has 2 N–H and O–H groups in total. The first-order chi connectivity index (χ1) is 9.47. The third-order valence-corrected chi connectivity index (χ3v) is 3.59. The molecule has 2 rings (SSSR count). The van der Waals surface area contributed by atoms with E-state index in [0.717, 1.165) is 36.8 Å². The highest BCUT2D eigenvalue weighted by Gasteiger charge is 2.20. The maximum Gasteiger partial charge on any atom is 0.377 e. The number of ketones is 1. The number of carboxylic acids is 1. The van der Waals surface area contributed by atoms with E-state index in [0.29, 0.717) is 0 Å². The first kappa shape index (κ1) is 14.2. The predicted octanol–water partition coefficient (Wildman–Crippen LogP) is 1.34. The molecule has 0 saturated heterocycles. The molecule has 1 aromatic rings. The fraction of sp³-hybridized carbons (Fsp3) is 0.400. The van der Waals surface area contributed by atoms with E-state index in [2.05, 4.69) is 5.32 Å². The third kappa shape index (κ3) is 3.23. The Hall–Kier alpha value is -2.17. The highest BCUT2D eigenvalue weighted by atomic mass is 16.4. The molecular weight excluding hydrogens is 258 g/mol. The van der Waals surface area contributed by atoms with Crippen molar-refractivity contribution in [2.75, 3.05) is 0 Å². The molecule has 1 unspecified atom stereocenters. The normalized spacial score (nSPS) is 17.8. The zero-order valence-electron chi connectivity index (χ0n) is 11.3. The van der Waals surface area contributed by atoms with Crippen molar-refractivity contribution in [3.05, 3.63) is 34.9 Å². The molecule has 1 aliphatic rings. The molecule has 0 aromatic heterocycles. The van der Waals surface area contributed by atoms with Gasteiger partial charge in [-0.2, -0.15) is 0 Å². The molecule has 5 nitrogen and oxygen atoms in total. The predicted molar refractivity (Wildman–Crippen MR) is 72.7 cm³/mol. The lowest BCUT2D eigenvalue weighted by atomic mass is 9.98. The van der Waals surface area contributed by atoms with E-state index in [4.69, 9.17) is 5.11 Å². The van der Waals surface area contributed by atoms with Crippen LogP contribution in [0.25, 0.3) is 0 Å². The summed E-state index contributed by atoms with van der Waals surface area (Å²) in [5.74, 6) is -2.35. The van der Waals surface area contributed by atoms with Crippen LogP contribution in [0.2, 0.25) is 0 Å². The maximum atomic E-state index is 11.5. The number of nitrogens with one attached hydrogen (secondary N) is 1. The van der Waals surface area contributed by atoms with E-state index in [-0.39, 0.29) is 17.5 Å². The number of carboxylic acid groups (broad SMARTS) is 1. The van der Waals surface area contributed by atoms with E-state index in [1.54, 1.807) is 12.1 Å². The summed E-state index contributed by atoms with van der Waals surface area (Å²) in [7, 11) is 0. The number of amides is 1. The van der Waals surface area contributed by atoms with Crippen molar-refractivity contribution in [2.24, 2.45) is 0 Å². The average molecular weight is 275 g/mol. The van der Waals surface area contributed by atoms with Gasteiger partial charge < -0.3 is 10.4 Å². The van der Waals surface area contributed by atoms with Crippen LogP contribution in [0.4, 0.5) is 0 Å². The molecule has 20 heavy (non-hydrogen) atoms. The number of benzene rings is 1. The fourth-order valence-corrected chi connectivity index (χ4v) is 2.60. The first-order valence-corrected chi connectivity index (χ1v) is 6.64. The number of rotatable bonds is 3. The van der Waals surface area contributed by atoms with Crippen molar-refractivity contribution in [1.82, 2.24) is 5.32 Å². The van der Waals surface area contributed by atoms with Gasteiger partial charge in [-0.1, -0.05) is 12.1 Å². The van der Waals surface area contributed by atoms with Crippen LogP contribution in [0.1, 0.15) is 41.3 Å². The van der Waals surface area contributed by atoms with Gasteiger partial charge >= 0.3 is 5.97 Å². The van der Waals surface area contributed by atoms with E-state index in [1.165, 1.54) is 6.92 Å². The van der Waals surface area contributed by atoms with Gasteiger partial charge in [0.05, 0.1) is 0 Å². The van der Waals surface area contributed by atoms with Gasteiger partial charge in [0.25, 0.3) is 5.78 Å². The van der Waals surface area contributed by atoms with Gasteiger partial charge in [-0.25, -0.2) is 4.79 Å². The van der Waals surface area contributed by atoms with Crippen LogP contribution in [0, 0.1) is 0 Å². The second kappa shape index (κ2) is 5.86. The van der Waals surface area contributed by atoms with Crippen LogP contribution < -0.4 is 5.32 Å². The molecular formula is C15H17NO4. The summed E-state index contributed by atoms with van der Waals surface area (Å²) in [5.41, 5.74) is 2.35. The summed E-state index contributed by atoms with van der Waals surface area (Å²) in [5, 5.41) is 11.7. The maximum absolute atomic E-state index is 11.5. The Morgan fingerprint density at radius 3 is 2.40 bits per heavy atom. The van der Waals surface area contributed by atoms with Crippen LogP contribution in [-0.2, 0) is 22.4 Å². The van der Waals surface area contributed by atoms with Crippen molar-refractivity contribution >= 4 is 17.7 Å². The number of hydrogen-bond donors (Lipinski definition) is 2. The number of carbonyl (C=O) groups is 3. The highest BCUT2D eigenvalue weighted by Crippen LogP contribution is 2.22. The molecule has 0 radical (unpaired) electrons. The molecule has 0 bridgehead atoms. The second-order valence-electron chi connectivity index (χ2n) is 5.09.